The number of nitrogens with zero attached hydrogens (tertiary/aromatic N) is 3. The molecule has 1 aliphatic rings. The minimum atomic E-state index is -2.56. The van der Waals surface area contributed by atoms with E-state index in [1.807, 2.05) is 18.2 Å². The van der Waals surface area contributed by atoms with Gasteiger partial charge in [-0.15, -0.1) is 0 Å². The summed E-state index contributed by atoms with van der Waals surface area (Å²) in [7, 11) is 0. The third-order valence-corrected chi connectivity index (χ3v) is 6.62. The highest BCUT2D eigenvalue weighted by atomic mass is 32.2. The van der Waals surface area contributed by atoms with Crippen molar-refractivity contribution in [1.29, 1.82) is 0 Å². The molecule has 2 atom stereocenters. The Balaban J connectivity index is 1.76. The summed E-state index contributed by atoms with van der Waals surface area (Å²) < 4.78 is 48.1. The number of aromatic nitrogens is 1. The van der Waals surface area contributed by atoms with Gasteiger partial charge in [0.05, 0.1) is 6.04 Å². The number of hydrogen-bond donors (Lipinski definition) is 2. The molecule has 36 heavy (non-hydrogen) atoms. The molecule has 3 aromatic rings. The molecule has 0 radical (unpaired) electrons. The zero-order chi connectivity index (χ0) is 26.0. The zero-order valence-corrected chi connectivity index (χ0v) is 20.3. The van der Waals surface area contributed by atoms with E-state index >= 15 is 0 Å². The molecular formula is C24H24FN3O7S. The Morgan fingerprint density at radius 1 is 1.25 bits per heavy atom. The highest BCUT2D eigenvalue weighted by Gasteiger charge is 2.36. The van der Waals surface area contributed by atoms with Gasteiger partial charge in [-0.05, 0) is 49.6 Å². The van der Waals surface area contributed by atoms with Crippen molar-refractivity contribution in [3.8, 4) is 5.75 Å². The van der Waals surface area contributed by atoms with Gasteiger partial charge in [-0.3, -0.25) is 13.7 Å². The van der Waals surface area contributed by atoms with Crippen molar-refractivity contribution in [1.82, 2.24) is 10.1 Å². The van der Waals surface area contributed by atoms with Crippen LogP contribution in [0.1, 0.15) is 34.2 Å². The van der Waals surface area contributed by atoms with Crippen molar-refractivity contribution in [3.05, 3.63) is 76.4 Å². The van der Waals surface area contributed by atoms with E-state index in [-0.39, 0.29) is 29.3 Å². The molecule has 1 amide bonds. The fourth-order valence-corrected chi connectivity index (χ4v) is 5.07. The number of halogens is 1. The Morgan fingerprint density at radius 2 is 2.00 bits per heavy atom. The van der Waals surface area contributed by atoms with Gasteiger partial charge < -0.3 is 19.3 Å². The first-order valence-electron chi connectivity index (χ1n) is 11.0. The third kappa shape index (κ3) is 5.09. The molecule has 12 heteroatoms. The molecule has 0 spiro atoms. The summed E-state index contributed by atoms with van der Waals surface area (Å²) in [4.78, 5) is 26.2. The fourth-order valence-electron chi connectivity index (χ4n) is 4.43. The maximum absolute atomic E-state index is 14.4. The van der Waals surface area contributed by atoms with Gasteiger partial charge >= 0.3 is 5.97 Å². The molecule has 1 aliphatic heterocycles. The van der Waals surface area contributed by atoms with E-state index < -0.39 is 48.2 Å². The van der Waals surface area contributed by atoms with Gasteiger partial charge in [0.15, 0.2) is 12.4 Å². The normalized spacial score (nSPS) is 15.8. The van der Waals surface area contributed by atoms with Crippen LogP contribution >= 0.6 is 0 Å². The number of aliphatic carboxylic acids is 1. The van der Waals surface area contributed by atoms with Crippen LogP contribution in [0.5, 0.6) is 5.75 Å². The number of carboxylic acid groups (broad SMARTS) is 1. The van der Waals surface area contributed by atoms with E-state index in [4.69, 9.17) is 14.4 Å². The molecular weight excluding hydrogens is 493 g/mol. The fraction of sp³-hybridized carbons (Fsp3) is 0.292. The van der Waals surface area contributed by atoms with Gasteiger partial charge in [-0.2, -0.15) is 0 Å². The number of carbonyl (C=O) groups is 2. The lowest BCUT2D eigenvalue weighted by Crippen LogP contribution is -2.46. The van der Waals surface area contributed by atoms with Crippen LogP contribution in [0.4, 0.5) is 10.1 Å². The van der Waals surface area contributed by atoms with E-state index in [1.165, 1.54) is 17.0 Å². The Hall–Kier alpha value is -3.77. The molecule has 2 unspecified atom stereocenters. The second kappa shape index (κ2) is 10.5. The number of aryl methyl sites for hydroxylation is 2. The van der Waals surface area contributed by atoms with Gasteiger partial charge in [-0.1, -0.05) is 29.4 Å². The summed E-state index contributed by atoms with van der Waals surface area (Å²) in [6.45, 7) is 2.27. The van der Waals surface area contributed by atoms with Crippen LogP contribution in [-0.4, -0.2) is 55.5 Å². The molecule has 0 aliphatic carbocycles. The van der Waals surface area contributed by atoms with Crippen LogP contribution in [0.25, 0.3) is 0 Å². The first-order chi connectivity index (χ1) is 17.2. The van der Waals surface area contributed by atoms with Crippen LogP contribution in [-0.2, 0) is 27.3 Å². The number of ether oxygens (including phenoxy) is 1. The van der Waals surface area contributed by atoms with Gasteiger partial charge in [-0.25, -0.2) is 13.4 Å². The predicted molar refractivity (Wildman–Crippen MR) is 127 cm³/mol. The Kier molecular flexibility index (Phi) is 7.36. The van der Waals surface area contributed by atoms with Gasteiger partial charge in [0.2, 0.25) is 5.91 Å². The van der Waals surface area contributed by atoms with E-state index in [9.17, 15) is 22.7 Å². The molecule has 4 rings (SSSR count). The Bertz CT molecular complexity index is 1310. The highest BCUT2D eigenvalue weighted by molar-refractivity contribution is 7.80. The summed E-state index contributed by atoms with van der Waals surface area (Å²) in [5.41, 5.74) is 2.50. The minimum absolute atomic E-state index is 0.117. The first-order valence-corrected chi connectivity index (χ1v) is 12.1. The van der Waals surface area contributed by atoms with Crippen molar-refractivity contribution < 1.29 is 37.1 Å². The molecule has 0 bridgehead atoms. The van der Waals surface area contributed by atoms with E-state index in [1.54, 1.807) is 19.9 Å². The van der Waals surface area contributed by atoms with Gasteiger partial charge in [0.1, 0.15) is 29.5 Å². The lowest BCUT2D eigenvalue weighted by Gasteiger charge is -2.39. The standard InChI is InChI=1S/C24H24FN3O7S/c1-14-23(15(2)35-26-14)28(36(32)33)12-21(29)27-10-9-16-5-3-4-6-18(16)24(27)19-11-17(25)7-8-20(19)34-13-22(30)31/h3-8,11,24H,9-10,12-13H2,1-2H3,(H,30,31)(H,32,33). The zero-order valence-electron chi connectivity index (χ0n) is 19.5. The summed E-state index contributed by atoms with van der Waals surface area (Å²) in [5, 5.41) is 12.9. The summed E-state index contributed by atoms with van der Waals surface area (Å²) in [5.74, 6) is -1.91. The largest absolute Gasteiger partial charge is 0.482 e. The van der Waals surface area contributed by atoms with E-state index in [0.29, 0.717) is 12.1 Å². The maximum atomic E-state index is 14.4. The average Bonchev–Trinajstić information content (AvgIpc) is 3.18. The number of hydrogen-bond acceptors (Lipinski definition) is 6. The molecule has 2 aromatic carbocycles. The van der Waals surface area contributed by atoms with Crippen LogP contribution < -0.4 is 9.04 Å². The average molecular weight is 518 g/mol. The second-order valence-electron chi connectivity index (χ2n) is 8.24. The van der Waals surface area contributed by atoms with Gasteiger partial charge in [0.25, 0.3) is 11.3 Å². The molecule has 190 valence electrons. The van der Waals surface area contributed by atoms with Crippen LogP contribution in [0.3, 0.4) is 0 Å². The molecule has 1 aromatic heterocycles. The quantitative estimate of drug-likeness (QED) is 0.436. The molecule has 2 heterocycles. The van der Waals surface area contributed by atoms with E-state index in [2.05, 4.69) is 5.16 Å². The highest BCUT2D eigenvalue weighted by Crippen LogP contribution is 2.40. The summed E-state index contributed by atoms with van der Waals surface area (Å²) >= 11 is -2.56. The number of anilines is 1. The Labute approximate surface area is 208 Å². The minimum Gasteiger partial charge on any atom is -0.482 e. The third-order valence-electron chi connectivity index (χ3n) is 5.93. The summed E-state index contributed by atoms with van der Waals surface area (Å²) in [6.07, 6.45) is 0.507. The molecule has 2 N–H and O–H groups in total. The van der Waals surface area contributed by atoms with Crippen LogP contribution in [0.2, 0.25) is 0 Å². The van der Waals surface area contributed by atoms with E-state index in [0.717, 1.165) is 21.5 Å². The van der Waals surface area contributed by atoms with Crippen molar-refractivity contribution in [3.63, 3.8) is 0 Å². The molecule has 0 fully saturated rings. The predicted octanol–water partition coefficient (Wildman–Crippen LogP) is 3.01. The van der Waals surface area contributed by atoms with Crippen molar-refractivity contribution in [2.45, 2.75) is 26.3 Å². The van der Waals surface area contributed by atoms with Crippen LogP contribution in [0.15, 0.2) is 47.0 Å². The number of carbonyl (C=O) groups excluding carboxylic acids is 1. The monoisotopic (exact) mass is 517 g/mol. The number of benzene rings is 2. The molecule has 0 saturated heterocycles. The lowest BCUT2D eigenvalue weighted by molar-refractivity contribution is -0.139. The summed E-state index contributed by atoms with van der Waals surface area (Å²) in [6, 6.07) is 10.2. The van der Waals surface area contributed by atoms with Crippen molar-refractivity contribution in [2.24, 2.45) is 0 Å². The number of rotatable bonds is 8. The smallest absolute Gasteiger partial charge is 0.341 e. The lowest BCUT2D eigenvalue weighted by atomic mass is 9.87. The molecule has 0 saturated carbocycles. The number of fused-ring (bicyclic) bond motifs is 1. The first kappa shape index (κ1) is 25.3. The number of amides is 1. The van der Waals surface area contributed by atoms with Crippen molar-refractivity contribution in [2.75, 3.05) is 24.0 Å². The van der Waals surface area contributed by atoms with Crippen molar-refractivity contribution >= 4 is 28.8 Å². The van der Waals surface area contributed by atoms with Gasteiger partial charge in [0, 0.05) is 12.1 Å². The molecule has 10 nitrogen and oxygen atoms in total. The topological polar surface area (TPSA) is 133 Å². The second-order valence-corrected chi connectivity index (χ2v) is 9.15. The Morgan fingerprint density at radius 3 is 2.67 bits per heavy atom. The maximum Gasteiger partial charge on any atom is 0.341 e. The SMILES string of the molecule is Cc1noc(C)c1N(CC(=O)N1CCc2ccccc2C1c1cc(F)ccc1OCC(=O)O)S(=O)O. The number of carboxylic acids is 1. The van der Waals surface area contributed by atoms with Crippen LogP contribution in [0, 0.1) is 19.7 Å².